The van der Waals surface area contributed by atoms with E-state index in [0.29, 0.717) is 15.2 Å². The molecule has 1 amide bonds. The van der Waals surface area contributed by atoms with Crippen molar-refractivity contribution in [2.24, 2.45) is 10.1 Å². The molecule has 2 aromatic carbocycles. The van der Waals surface area contributed by atoms with Crippen molar-refractivity contribution in [1.82, 2.24) is 9.58 Å². The molecule has 0 bridgehead atoms. The number of hydrogen-bond donors (Lipinski definition) is 1. The van der Waals surface area contributed by atoms with Gasteiger partial charge >= 0.3 is 0 Å². The molecule has 0 radical (unpaired) electrons. The van der Waals surface area contributed by atoms with Crippen LogP contribution in [0.3, 0.4) is 0 Å². The Morgan fingerprint density at radius 1 is 1.06 bits per heavy atom. The molecular formula is C25H20ClN5OS. The zero-order valence-corrected chi connectivity index (χ0v) is 19.8. The van der Waals surface area contributed by atoms with Crippen molar-refractivity contribution in [2.75, 3.05) is 0 Å². The second kappa shape index (κ2) is 8.17. The zero-order valence-electron chi connectivity index (χ0n) is 18.3. The number of aliphatic imine (C=N–C) groups is 1. The first-order valence-electron chi connectivity index (χ1n) is 10.3. The van der Waals surface area contributed by atoms with Crippen LogP contribution in [0, 0.1) is 26.2 Å². The average Bonchev–Trinajstić information content (AvgIpc) is 3.32. The number of aromatic nitrogens is 1. The summed E-state index contributed by atoms with van der Waals surface area (Å²) in [6, 6.07) is 17.6. The first-order valence-corrected chi connectivity index (χ1v) is 11.5. The third-order valence-electron chi connectivity index (χ3n) is 5.59. The highest BCUT2D eigenvalue weighted by atomic mass is 35.5. The van der Waals surface area contributed by atoms with E-state index in [0.717, 1.165) is 28.2 Å². The number of nitrogens with one attached hydrogen (secondary N) is 1. The van der Waals surface area contributed by atoms with Crippen molar-refractivity contribution in [3.63, 3.8) is 0 Å². The van der Waals surface area contributed by atoms with Crippen molar-refractivity contribution in [1.29, 1.82) is 5.41 Å². The largest absolute Gasteiger partial charge is 0.318 e. The Labute approximate surface area is 200 Å². The van der Waals surface area contributed by atoms with Gasteiger partial charge in [-0.3, -0.25) is 10.2 Å². The molecule has 0 atom stereocenters. The minimum atomic E-state index is -0.449. The summed E-state index contributed by atoms with van der Waals surface area (Å²) in [5, 5.41) is 16.1. The van der Waals surface area contributed by atoms with Gasteiger partial charge in [0, 0.05) is 22.6 Å². The minimum absolute atomic E-state index is 0.0000813. The number of fused-ring (bicyclic) bond motifs is 1. The van der Waals surface area contributed by atoms with Gasteiger partial charge in [0.1, 0.15) is 5.04 Å². The van der Waals surface area contributed by atoms with E-state index in [1.54, 1.807) is 12.1 Å². The summed E-state index contributed by atoms with van der Waals surface area (Å²) in [4.78, 5) is 17.1. The van der Waals surface area contributed by atoms with E-state index in [4.69, 9.17) is 17.0 Å². The summed E-state index contributed by atoms with van der Waals surface area (Å²) in [5.41, 5.74) is 6.07. The Morgan fingerprint density at radius 3 is 2.61 bits per heavy atom. The predicted molar refractivity (Wildman–Crippen MR) is 136 cm³/mol. The van der Waals surface area contributed by atoms with Crippen LogP contribution in [0.2, 0.25) is 5.02 Å². The van der Waals surface area contributed by atoms with Crippen molar-refractivity contribution in [2.45, 2.75) is 20.8 Å². The van der Waals surface area contributed by atoms with Crippen LogP contribution in [0.5, 0.6) is 0 Å². The molecule has 33 heavy (non-hydrogen) atoms. The monoisotopic (exact) mass is 473 g/mol. The number of amides is 1. The smallest absolute Gasteiger partial charge is 0.283 e. The molecule has 5 rings (SSSR count). The number of carbonyl (C=O) groups excluding carboxylic acids is 1. The van der Waals surface area contributed by atoms with Gasteiger partial charge in [-0.2, -0.15) is 15.1 Å². The molecule has 3 aromatic rings. The number of amidine groups is 2. The quantitative estimate of drug-likeness (QED) is 0.494. The molecular weight excluding hydrogens is 454 g/mol. The van der Waals surface area contributed by atoms with Crippen LogP contribution in [-0.2, 0) is 4.79 Å². The lowest BCUT2D eigenvalue weighted by Crippen LogP contribution is -2.35. The van der Waals surface area contributed by atoms with Gasteiger partial charge in [-0.15, -0.1) is 0 Å². The molecule has 8 heteroatoms. The molecule has 2 aliphatic heterocycles. The normalized spacial score (nSPS) is 16.8. The zero-order chi connectivity index (χ0) is 23.3. The Bertz CT molecular complexity index is 1430. The third kappa shape index (κ3) is 3.73. The van der Waals surface area contributed by atoms with E-state index >= 15 is 0 Å². The van der Waals surface area contributed by atoms with Crippen LogP contribution in [0.15, 0.2) is 70.3 Å². The number of hydrogen-bond acceptors (Lipinski definition) is 4. The van der Waals surface area contributed by atoms with Crippen LogP contribution in [0.4, 0.5) is 0 Å². The van der Waals surface area contributed by atoms with Gasteiger partial charge in [-0.1, -0.05) is 41.9 Å². The standard InChI is InChI=1S/C25H20ClN5OS/c1-14-7-6-8-18(11-14)30-15(2)12-17(16(30)3)13-20-22(27)31-25(28-23(20)32)33-24(29-31)19-9-4-5-10-21(19)26/h4-13,27H,1-3H3/b20-13-,27-22?. The number of benzene rings is 2. The molecule has 0 unspecified atom stereocenters. The van der Waals surface area contributed by atoms with Crippen LogP contribution in [0.25, 0.3) is 11.8 Å². The van der Waals surface area contributed by atoms with Crippen molar-refractivity contribution < 1.29 is 4.79 Å². The highest BCUT2D eigenvalue weighted by Gasteiger charge is 2.36. The van der Waals surface area contributed by atoms with Gasteiger partial charge < -0.3 is 4.57 Å². The maximum absolute atomic E-state index is 12.9. The van der Waals surface area contributed by atoms with Gasteiger partial charge in [0.05, 0.1) is 10.6 Å². The number of halogens is 1. The molecule has 1 N–H and O–H groups in total. The van der Waals surface area contributed by atoms with Crippen LogP contribution >= 0.6 is 23.4 Å². The predicted octanol–water partition coefficient (Wildman–Crippen LogP) is 5.72. The van der Waals surface area contributed by atoms with Crippen LogP contribution < -0.4 is 0 Å². The summed E-state index contributed by atoms with van der Waals surface area (Å²) >= 11 is 7.55. The van der Waals surface area contributed by atoms with Crippen molar-refractivity contribution >= 4 is 51.4 Å². The van der Waals surface area contributed by atoms with E-state index in [1.165, 1.54) is 22.3 Å². The molecule has 0 aliphatic carbocycles. The molecule has 1 aromatic heterocycles. The fourth-order valence-corrected chi connectivity index (χ4v) is 5.20. The lowest BCUT2D eigenvalue weighted by atomic mass is 10.1. The lowest BCUT2D eigenvalue weighted by molar-refractivity contribution is -0.114. The first kappa shape index (κ1) is 21.4. The average molecular weight is 474 g/mol. The van der Waals surface area contributed by atoms with E-state index < -0.39 is 5.91 Å². The van der Waals surface area contributed by atoms with Gasteiger partial charge in [-0.05, 0) is 74.0 Å². The number of nitrogens with zero attached hydrogens (tertiary/aromatic N) is 4. The Balaban J connectivity index is 1.53. The maximum Gasteiger partial charge on any atom is 0.283 e. The fourth-order valence-electron chi connectivity index (χ4n) is 3.99. The van der Waals surface area contributed by atoms with Crippen LogP contribution in [-0.4, -0.2) is 31.5 Å². The summed E-state index contributed by atoms with van der Waals surface area (Å²) in [5.74, 6) is -0.449. The molecule has 164 valence electrons. The topological polar surface area (TPSA) is 73.8 Å². The second-order valence-corrected chi connectivity index (χ2v) is 9.27. The molecule has 0 fully saturated rings. The van der Waals surface area contributed by atoms with Gasteiger partial charge in [0.15, 0.2) is 5.84 Å². The summed E-state index contributed by atoms with van der Waals surface area (Å²) in [7, 11) is 0. The molecule has 3 heterocycles. The highest BCUT2D eigenvalue weighted by molar-refractivity contribution is 8.27. The highest BCUT2D eigenvalue weighted by Crippen LogP contribution is 2.33. The third-order valence-corrected chi connectivity index (χ3v) is 6.86. The van der Waals surface area contributed by atoms with E-state index in [1.807, 2.05) is 44.2 Å². The number of hydrazone groups is 1. The summed E-state index contributed by atoms with van der Waals surface area (Å²) < 4.78 is 2.14. The van der Waals surface area contributed by atoms with E-state index in [-0.39, 0.29) is 11.4 Å². The molecule has 0 saturated carbocycles. The Hall–Kier alpha value is -3.42. The summed E-state index contributed by atoms with van der Waals surface area (Å²) in [6.07, 6.45) is 1.73. The van der Waals surface area contributed by atoms with E-state index in [2.05, 4.69) is 39.8 Å². The maximum atomic E-state index is 12.9. The van der Waals surface area contributed by atoms with E-state index in [9.17, 15) is 4.79 Å². The van der Waals surface area contributed by atoms with Gasteiger partial charge in [-0.25, -0.2) is 0 Å². The molecule has 0 spiro atoms. The number of thioether (sulfide) groups is 1. The van der Waals surface area contributed by atoms with Crippen LogP contribution in [0.1, 0.15) is 28.1 Å². The SMILES string of the molecule is Cc1cccc(-n2c(C)cc(/C=C3/C(=N)N4N=C(c5ccccc5Cl)SC4=NC3=O)c2C)c1. The van der Waals surface area contributed by atoms with Crippen molar-refractivity contribution in [3.8, 4) is 5.69 Å². The lowest BCUT2D eigenvalue weighted by Gasteiger charge is -2.20. The van der Waals surface area contributed by atoms with Gasteiger partial charge in [0.2, 0.25) is 5.17 Å². The fraction of sp³-hybridized carbons (Fsp3) is 0.120. The Morgan fingerprint density at radius 2 is 1.85 bits per heavy atom. The second-order valence-electron chi connectivity index (χ2n) is 7.91. The number of carbonyl (C=O) groups is 1. The number of rotatable bonds is 3. The van der Waals surface area contributed by atoms with Gasteiger partial charge in [0.25, 0.3) is 5.91 Å². The first-order chi connectivity index (χ1) is 15.8. The molecule has 2 aliphatic rings. The number of aryl methyl sites for hydroxylation is 2. The minimum Gasteiger partial charge on any atom is -0.318 e. The van der Waals surface area contributed by atoms with Crippen molar-refractivity contribution in [3.05, 3.63) is 93.3 Å². The molecule has 6 nitrogen and oxygen atoms in total. The Kier molecular flexibility index (Phi) is 5.31. The summed E-state index contributed by atoms with van der Waals surface area (Å²) in [6.45, 7) is 6.09. The molecule has 0 saturated heterocycles.